The van der Waals surface area contributed by atoms with Crippen LogP contribution in [0.2, 0.25) is 0 Å². The Balaban J connectivity index is 2.68. The summed E-state index contributed by atoms with van der Waals surface area (Å²) in [5.74, 6) is -3.13. The van der Waals surface area contributed by atoms with E-state index in [9.17, 15) is 34.5 Å². The van der Waals surface area contributed by atoms with Crippen LogP contribution in [-0.4, -0.2) is 89.2 Å². The fourth-order valence-electron chi connectivity index (χ4n) is 8.94. The van der Waals surface area contributed by atoms with Crippen molar-refractivity contribution in [2.75, 3.05) is 13.2 Å². The van der Waals surface area contributed by atoms with Crippen LogP contribution >= 0.6 is 0 Å². The molecule has 0 radical (unpaired) electrons. The minimum Gasteiger partial charge on any atom is -0.479 e. The van der Waals surface area contributed by atoms with Crippen molar-refractivity contribution in [2.45, 2.75) is 302 Å². The number of carboxylic acids is 1. The van der Waals surface area contributed by atoms with Crippen LogP contribution in [-0.2, 0) is 42.9 Å². The molecule has 6 atom stereocenters. The van der Waals surface area contributed by atoms with Gasteiger partial charge in [-0.15, -0.1) is 0 Å². The van der Waals surface area contributed by atoms with Crippen LogP contribution in [0.25, 0.3) is 0 Å². The third kappa shape index (κ3) is 41.2. The molecule has 0 spiro atoms. The molecule has 0 aliphatic carbocycles. The number of ether oxygens (including phenoxy) is 5. The maximum absolute atomic E-state index is 13.1. The second-order valence-corrected chi connectivity index (χ2v) is 20.6. The molecular weight excluding hydrogens is 949 g/mol. The van der Waals surface area contributed by atoms with Crippen molar-refractivity contribution >= 4 is 23.9 Å². The second-order valence-electron chi connectivity index (χ2n) is 20.6. The Morgan fingerprint density at radius 3 is 1.31 bits per heavy atom. The fraction of sp³-hybridized carbons (Fsp3) is 0.778. The lowest BCUT2D eigenvalue weighted by Crippen LogP contribution is -2.61. The number of carboxylic acid groups (broad SMARTS) is 1. The number of carbonyl (C=O) groups is 4. The highest BCUT2D eigenvalue weighted by molar-refractivity contribution is 5.74. The molecule has 12 heteroatoms. The summed E-state index contributed by atoms with van der Waals surface area (Å²) in [4.78, 5) is 51.1. The molecule has 0 aromatic rings. The summed E-state index contributed by atoms with van der Waals surface area (Å²) in [6.07, 6.45) is 50.4. The van der Waals surface area contributed by atoms with Gasteiger partial charge < -0.3 is 39.0 Å². The second kappa shape index (κ2) is 51.2. The van der Waals surface area contributed by atoms with Gasteiger partial charge >= 0.3 is 23.9 Å². The Kier molecular flexibility index (Phi) is 47.4. The molecule has 12 nitrogen and oxygen atoms in total. The first-order valence-electron chi connectivity index (χ1n) is 30.3. The lowest BCUT2D eigenvalue weighted by atomic mass is 9.98. The van der Waals surface area contributed by atoms with E-state index >= 15 is 0 Å². The van der Waals surface area contributed by atoms with Gasteiger partial charge in [-0.2, -0.15) is 0 Å². The van der Waals surface area contributed by atoms with Crippen LogP contribution in [0.4, 0.5) is 0 Å². The Hall–Kier alpha value is -3.58. The molecule has 75 heavy (non-hydrogen) atoms. The highest BCUT2D eigenvalue weighted by Crippen LogP contribution is 2.26. The molecule has 1 aliphatic heterocycles. The zero-order chi connectivity index (χ0) is 54.7. The molecule has 0 aromatic heterocycles. The number of hydrogen-bond acceptors (Lipinski definition) is 11. The van der Waals surface area contributed by atoms with Crippen LogP contribution in [0.1, 0.15) is 265 Å². The summed E-state index contributed by atoms with van der Waals surface area (Å²) in [5, 5.41) is 31.5. The number of aliphatic hydroxyl groups is 2. The molecule has 0 bridgehead atoms. The summed E-state index contributed by atoms with van der Waals surface area (Å²) in [7, 11) is 0. The molecule has 1 saturated heterocycles. The normalized spacial score (nSPS) is 18.5. The fourth-order valence-corrected chi connectivity index (χ4v) is 8.94. The lowest BCUT2D eigenvalue weighted by molar-refractivity contribution is -0.301. The van der Waals surface area contributed by atoms with Crippen LogP contribution in [0.15, 0.2) is 60.8 Å². The molecule has 1 fully saturated rings. The van der Waals surface area contributed by atoms with E-state index in [1.807, 2.05) is 0 Å². The number of allylic oxidation sites excluding steroid dienone is 10. The van der Waals surface area contributed by atoms with Gasteiger partial charge in [0.1, 0.15) is 18.8 Å². The Labute approximate surface area is 456 Å². The molecule has 432 valence electrons. The predicted octanol–water partition coefficient (Wildman–Crippen LogP) is 15.6. The Bertz CT molecular complexity index is 1540. The standard InChI is InChI=1S/C63H108O12/c1-4-7-10-13-16-19-22-25-26-27-28-29-30-33-34-37-40-43-46-49-55(64)71-52-54(73-56(65)50-47-44-41-38-35-31-23-20-17-14-11-8-5-2)53-72-63-61(59(68)58(67)60(75-63)62(69)70)74-57(66)51-48-45-42-39-36-32-24-21-18-15-12-9-6-3/h7,10,16,19-20,23,25-26,28-29,54,58-61,63,67-68H,4-6,8-9,11-15,17-18,21-22,24,27,30-53H2,1-3H3,(H,69,70)/b10-7-,19-16-,23-20-,26-25-,29-28-. The van der Waals surface area contributed by atoms with Gasteiger partial charge in [0, 0.05) is 19.3 Å². The largest absolute Gasteiger partial charge is 0.479 e. The van der Waals surface area contributed by atoms with Crippen LogP contribution in [0.5, 0.6) is 0 Å². The summed E-state index contributed by atoms with van der Waals surface area (Å²) >= 11 is 0. The first-order valence-corrected chi connectivity index (χ1v) is 30.3. The average Bonchev–Trinajstić information content (AvgIpc) is 3.39. The summed E-state index contributed by atoms with van der Waals surface area (Å²) < 4.78 is 28.4. The molecule has 1 heterocycles. The quantitative estimate of drug-likeness (QED) is 0.0228. The van der Waals surface area contributed by atoms with Crippen molar-refractivity contribution in [2.24, 2.45) is 0 Å². The number of unbranched alkanes of at least 4 members (excludes halogenated alkanes) is 27. The van der Waals surface area contributed by atoms with E-state index in [-0.39, 0.29) is 25.9 Å². The van der Waals surface area contributed by atoms with E-state index in [1.54, 1.807) is 0 Å². The predicted molar refractivity (Wildman–Crippen MR) is 303 cm³/mol. The van der Waals surface area contributed by atoms with E-state index in [2.05, 4.69) is 81.5 Å². The van der Waals surface area contributed by atoms with Crippen molar-refractivity contribution in [1.29, 1.82) is 0 Å². The van der Waals surface area contributed by atoms with Gasteiger partial charge in [-0.25, -0.2) is 4.79 Å². The summed E-state index contributed by atoms with van der Waals surface area (Å²) in [6, 6.07) is 0. The maximum Gasteiger partial charge on any atom is 0.335 e. The third-order valence-electron chi connectivity index (χ3n) is 13.6. The first-order chi connectivity index (χ1) is 36.6. The lowest BCUT2D eigenvalue weighted by Gasteiger charge is -2.40. The Morgan fingerprint density at radius 2 is 0.840 bits per heavy atom. The van der Waals surface area contributed by atoms with Crippen LogP contribution in [0.3, 0.4) is 0 Å². The number of rotatable bonds is 51. The highest BCUT2D eigenvalue weighted by atomic mass is 16.7. The average molecular weight is 1060 g/mol. The third-order valence-corrected chi connectivity index (χ3v) is 13.6. The monoisotopic (exact) mass is 1060 g/mol. The van der Waals surface area contributed by atoms with Crippen LogP contribution < -0.4 is 0 Å². The van der Waals surface area contributed by atoms with E-state index in [4.69, 9.17) is 23.7 Å². The van der Waals surface area contributed by atoms with Gasteiger partial charge in [0.2, 0.25) is 0 Å². The first kappa shape index (κ1) is 69.4. The smallest absolute Gasteiger partial charge is 0.335 e. The molecule has 1 rings (SSSR count). The van der Waals surface area contributed by atoms with Crippen molar-refractivity contribution in [3.05, 3.63) is 60.8 Å². The molecule has 0 saturated carbocycles. The SMILES string of the molecule is CC/C=C\C/C=C\C/C=C\C/C=C\CCCCCCCCC(=O)OCC(COC1OC(C(=O)O)C(O)C(O)C1OC(=O)CCCCCCCCCCCCCCC)OC(=O)CCCCCCC/C=C\CCCCCC. The topological polar surface area (TPSA) is 175 Å². The van der Waals surface area contributed by atoms with Gasteiger partial charge in [0.05, 0.1) is 6.61 Å². The molecular formula is C63H108O12. The van der Waals surface area contributed by atoms with E-state index in [0.29, 0.717) is 19.3 Å². The minimum atomic E-state index is -1.90. The number of aliphatic carboxylic acids is 1. The van der Waals surface area contributed by atoms with Crippen LogP contribution in [0, 0.1) is 0 Å². The van der Waals surface area contributed by atoms with Gasteiger partial charge in [-0.1, -0.05) is 223 Å². The Morgan fingerprint density at radius 1 is 0.453 bits per heavy atom. The highest BCUT2D eigenvalue weighted by Gasteiger charge is 2.50. The summed E-state index contributed by atoms with van der Waals surface area (Å²) in [6.45, 7) is 5.85. The van der Waals surface area contributed by atoms with Gasteiger partial charge in [-0.05, 0) is 83.5 Å². The minimum absolute atomic E-state index is 0.0608. The summed E-state index contributed by atoms with van der Waals surface area (Å²) in [5.41, 5.74) is 0. The number of carbonyl (C=O) groups excluding carboxylic acids is 3. The van der Waals surface area contributed by atoms with Crippen molar-refractivity contribution in [3.8, 4) is 0 Å². The number of esters is 3. The van der Waals surface area contributed by atoms with Gasteiger partial charge in [-0.3, -0.25) is 14.4 Å². The van der Waals surface area contributed by atoms with E-state index in [0.717, 1.165) is 128 Å². The van der Waals surface area contributed by atoms with Crippen molar-refractivity contribution < 1.29 is 58.2 Å². The zero-order valence-corrected chi connectivity index (χ0v) is 47.5. The molecule has 1 aliphatic rings. The van der Waals surface area contributed by atoms with Gasteiger partial charge in [0.25, 0.3) is 0 Å². The van der Waals surface area contributed by atoms with E-state index < -0.39 is 67.3 Å². The maximum atomic E-state index is 13.1. The number of aliphatic hydroxyl groups excluding tert-OH is 2. The molecule has 6 unspecified atom stereocenters. The zero-order valence-electron chi connectivity index (χ0n) is 47.5. The van der Waals surface area contributed by atoms with E-state index in [1.165, 1.54) is 77.0 Å². The van der Waals surface area contributed by atoms with Crippen molar-refractivity contribution in [1.82, 2.24) is 0 Å². The molecule has 0 aromatic carbocycles. The molecule has 0 amide bonds. The van der Waals surface area contributed by atoms with Crippen molar-refractivity contribution in [3.63, 3.8) is 0 Å². The molecule has 3 N–H and O–H groups in total. The number of hydrogen-bond donors (Lipinski definition) is 3. The van der Waals surface area contributed by atoms with Gasteiger partial charge in [0.15, 0.2) is 24.6 Å².